The molecule has 1 aromatic heterocycles. The zero-order valence-corrected chi connectivity index (χ0v) is 11.2. The van der Waals surface area contributed by atoms with Gasteiger partial charge in [-0.3, -0.25) is 0 Å². The van der Waals surface area contributed by atoms with Crippen molar-refractivity contribution in [3.8, 4) is 0 Å². The van der Waals surface area contributed by atoms with Crippen molar-refractivity contribution >= 4 is 21.9 Å². The van der Waals surface area contributed by atoms with Crippen LogP contribution in [0.3, 0.4) is 0 Å². The average Bonchev–Trinajstić information content (AvgIpc) is 2.77. The van der Waals surface area contributed by atoms with Crippen LogP contribution in [0, 0.1) is 0 Å². The third kappa shape index (κ3) is 2.44. The van der Waals surface area contributed by atoms with E-state index in [0.29, 0.717) is 30.1 Å². The molecule has 1 aromatic rings. The fraction of sp³-hybridized carbons (Fsp3) is 0.273. The molecule has 0 bridgehead atoms. The Labute approximate surface area is 112 Å². The van der Waals surface area contributed by atoms with E-state index < -0.39 is 0 Å². The first-order chi connectivity index (χ1) is 8.63. The molecular formula is C11H12N4O2V. The summed E-state index contributed by atoms with van der Waals surface area (Å²) in [5, 5.41) is 5.19. The monoisotopic (exact) mass is 283 g/mol. The van der Waals surface area contributed by atoms with Crippen LogP contribution < -0.4 is 5.56 Å². The summed E-state index contributed by atoms with van der Waals surface area (Å²) in [5.74, 6) is -0.135. The number of carbonyl (C=O) groups excluding carboxylic acids is 1. The van der Waals surface area contributed by atoms with E-state index in [1.54, 1.807) is 22.8 Å². The molecule has 2 heterocycles. The van der Waals surface area contributed by atoms with Crippen LogP contribution in [0.5, 0.6) is 0 Å². The van der Waals surface area contributed by atoms with Crippen LogP contribution in [-0.4, -0.2) is 51.6 Å². The SMILES string of the molecule is CN1CCN=C(/C(=C/[CH]=[V])c2cc(=O)[nH][nH]2)C1=O. The first-order valence-corrected chi connectivity index (χ1v) is 6.20. The van der Waals surface area contributed by atoms with Crippen LogP contribution in [0.4, 0.5) is 0 Å². The third-order valence-electron chi connectivity index (χ3n) is 2.64. The molecule has 0 radical (unpaired) electrons. The maximum atomic E-state index is 12.1. The van der Waals surface area contributed by atoms with Crippen LogP contribution >= 0.6 is 0 Å². The summed E-state index contributed by atoms with van der Waals surface area (Å²) in [6, 6.07) is 1.41. The first kappa shape index (κ1) is 12.8. The Kier molecular flexibility index (Phi) is 3.79. The Balaban J connectivity index is 2.47. The number of carbonyl (C=O) groups is 1. The quantitative estimate of drug-likeness (QED) is 0.773. The molecule has 18 heavy (non-hydrogen) atoms. The zero-order valence-electron chi connectivity index (χ0n) is 9.80. The standard InChI is InChI=1S/C11H12N4O2.V/c1-3-7(8-6-9(16)14-13-8)10-11(17)15(2)5-4-12-10;/h1,3,6H,4-5H2,2H3,(H2,13,14,16);/b7-3+;. The van der Waals surface area contributed by atoms with Gasteiger partial charge in [0.15, 0.2) is 0 Å². The molecule has 0 atom stereocenters. The van der Waals surface area contributed by atoms with Crippen molar-refractivity contribution < 1.29 is 21.8 Å². The minimum atomic E-state index is -0.237. The molecule has 7 heteroatoms. The number of rotatable bonds is 3. The van der Waals surface area contributed by atoms with E-state index >= 15 is 0 Å². The van der Waals surface area contributed by atoms with Gasteiger partial charge in [-0.15, -0.1) is 0 Å². The molecule has 6 nitrogen and oxygen atoms in total. The van der Waals surface area contributed by atoms with Crippen molar-refractivity contribution in [3.63, 3.8) is 0 Å². The normalized spacial score (nSPS) is 16.7. The number of hydrogen-bond acceptors (Lipinski definition) is 3. The van der Waals surface area contributed by atoms with Gasteiger partial charge < -0.3 is 0 Å². The van der Waals surface area contributed by atoms with Gasteiger partial charge in [-0.05, 0) is 0 Å². The van der Waals surface area contributed by atoms with Crippen LogP contribution in [0.2, 0.25) is 0 Å². The fourth-order valence-electron chi connectivity index (χ4n) is 1.71. The molecule has 0 saturated heterocycles. The summed E-state index contributed by atoms with van der Waals surface area (Å²) >= 11 is 2.29. The Morgan fingerprint density at radius 2 is 2.28 bits per heavy atom. The van der Waals surface area contributed by atoms with Gasteiger partial charge in [0.1, 0.15) is 0 Å². The summed E-state index contributed by atoms with van der Waals surface area (Å²) in [5.41, 5.74) is 1.32. The Bertz CT molecular complexity index is 596. The number of H-pyrrole nitrogens is 2. The van der Waals surface area contributed by atoms with Crippen molar-refractivity contribution in [3.05, 3.63) is 28.2 Å². The van der Waals surface area contributed by atoms with Crippen molar-refractivity contribution in [2.24, 2.45) is 4.99 Å². The average molecular weight is 283 g/mol. The van der Waals surface area contributed by atoms with Crippen molar-refractivity contribution in [2.75, 3.05) is 20.1 Å². The molecule has 93 valence electrons. The molecule has 1 aliphatic heterocycles. The number of aliphatic imine (C=N–C) groups is 1. The van der Waals surface area contributed by atoms with Gasteiger partial charge in [-0.2, -0.15) is 0 Å². The number of hydrogen-bond donors (Lipinski definition) is 2. The molecule has 0 aromatic carbocycles. The van der Waals surface area contributed by atoms with Gasteiger partial charge in [-0.25, -0.2) is 0 Å². The van der Waals surface area contributed by atoms with E-state index in [2.05, 4.69) is 32.2 Å². The molecule has 0 spiro atoms. The predicted molar refractivity (Wildman–Crippen MR) is 65.4 cm³/mol. The molecule has 1 aliphatic rings. The Hall–Kier alpha value is -1.66. The van der Waals surface area contributed by atoms with Gasteiger partial charge in [-0.1, -0.05) is 0 Å². The molecule has 1 amide bonds. The Morgan fingerprint density at radius 1 is 1.50 bits per heavy atom. The summed E-state index contributed by atoms with van der Waals surface area (Å²) in [7, 11) is 1.74. The molecule has 0 unspecified atom stereocenters. The number of nitrogens with zero attached hydrogens (tertiary/aromatic N) is 2. The number of aromatic amines is 2. The van der Waals surface area contributed by atoms with E-state index in [4.69, 9.17) is 0 Å². The first-order valence-electron chi connectivity index (χ1n) is 5.39. The van der Waals surface area contributed by atoms with E-state index in [1.807, 2.05) is 0 Å². The van der Waals surface area contributed by atoms with Gasteiger partial charge in [0.05, 0.1) is 0 Å². The molecule has 2 N–H and O–H groups in total. The van der Waals surface area contributed by atoms with Crippen LogP contribution in [-0.2, 0) is 21.8 Å². The second-order valence-electron chi connectivity index (χ2n) is 3.86. The van der Waals surface area contributed by atoms with Gasteiger partial charge in [0.2, 0.25) is 0 Å². The van der Waals surface area contributed by atoms with E-state index in [9.17, 15) is 9.59 Å². The predicted octanol–water partition coefficient (Wildman–Crippen LogP) is -0.652. The van der Waals surface area contributed by atoms with E-state index in [0.717, 1.165) is 0 Å². The summed E-state index contributed by atoms with van der Waals surface area (Å²) in [6.45, 7) is 1.19. The van der Waals surface area contributed by atoms with Gasteiger partial charge in [0, 0.05) is 0 Å². The van der Waals surface area contributed by atoms with Gasteiger partial charge >= 0.3 is 112 Å². The topological polar surface area (TPSA) is 81.3 Å². The van der Waals surface area contributed by atoms with Crippen molar-refractivity contribution in [2.45, 2.75) is 0 Å². The van der Waals surface area contributed by atoms with Crippen molar-refractivity contribution in [1.29, 1.82) is 0 Å². The summed E-state index contributed by atoms with van der Waals surface area (Å²) in [4.78, 5) is 29.1. The molecular weight excluding hydrogens is 271 g/mol. The number of allylic oxidation sites excluding steroid dienone is 1. The molecule has 0 aliphatic carbocycles. The maximum absolute atomic E-state index is 12.1. The van der Waals surface area contributed by atoms with Crippen molar-refractivity contribution in [1.82, 2.24) is 15.1 Å². The molecule has 2 rings (SSSR count). The molecule has 0 saturated carbocycles. The number of nitrogens with one attached hydrogen (secondary N) is 2. The third-order valence-corrected chi connectivity index (χ3v) is 2.87. The second kappa shape index (κ2) is 5.33. The number of aromatic nitrogens is 2. The second-order valence-corrected chi connectivity index (χ2v) is 4.32. The van der Waals surface area contributed by atoms with E-state index in [1.165, 1.54) is 6.07 Å². The molecule has 0 fully saturated rings. The summed E-state index contributed by atoms with van der Waals surface area (Å²) < 4.78 is 1.75. The Morgan fingerprint density at radius 3 is 2.89 bits per heavy atom. The van der Waals surface area contributed by atoms with Crippen LogP contribution in [0.25, 0.3) is 5.57 Å². The summed E-state index contributed by atoms with van der Waals surface area (Å²) in [6.07, 6.45) is 1.75. The van der Waals surface area contributed by atoms with Crippen LogP contribution in [0.1, 0.15) is 5.69 Å². The van der Waals surface area contributed by atoms with E-state index in [-0.39, 0.29) is 11.5 Å². The fourth-order valence-corrected chi connectivity index (χ4v) is 1.94. The van der Waals surface area contributed by atoms with Crippen LogP contribution in [0.15, 0.2) is 21.9 Å². The number of likely N-dealkylation sites (N-methyl/N-ethyl adjacent to an activating group) is 1. The minimum absolute atomic E-state index is 0.135. The van der Waals surface area contributed by atoms with Gasteiger partial charge in [0.25, 0.3) is 0 Å². The zero-order chi connectivity index (χ0) is 13.1. The number of amides is 1.